The number of rotatable bonds is 8. The minimum atomic E-state index is -0.119. The Hall–Kier alpha value is -3.52. The fourth-order valence-corrected chi connectivity index (χ4v) is 4.83. The zero-order chi connectivity index (χ0) is 25.9. The Kier molecular flexibility index (Phi) is 7.54. The molecule has 0 N–H and O–H groups in total. The van der Waals surface area contributed by atoms with E-state index >= 15 is 0 Å². The van der Waals surface area contributed by atoms with E-state index < -0.39 is 0 Å². The molecule has 186 valence electrons. The van der Waals surface area contributed by atoms with E-state index in [2.05, 4.69) is 121 Å². The van der Waals surface area contributed by atoms with E-state index in [-0.39, 0.29) is 5.41 Å². The van der Waals surface area contributed by atoms with Crippen LogP contribution in [-0.4, -0.2) is 0 Å². The summed E-state index contributed by atoms with van der Waals surface area (Å²) in [5, 5.41) is 0. The maximum atomic E-state index is 6.14. The first kappa shape index (κ1) is 25.6. The van der Waals surface area contributed by atoms with Crippen molar-refractivity contribution < 1.29 is 9.47 Å². The molecular weight excluding hydrogens is 440 g/mol. The first-order chi connectivity index (χ1) is 17.1. The third-order valence-electron chi connectivity index (χ3n) is 7.23. The van der Waals surface area contributed by atoms with E-state index in [1.54, 1.807) is 0 Å². The highest BCUT2D eigenvalue weighted by Crippen LogP contribution is 2.40. The number of hydrogen-bond donors (Lipinski definition) is 0. The number of aryl methyl sites for hydroxylation is 4. The second-order valence-electron chi connectivity index (χ2n) is 10.7. The molecule has 0 radical (unpaired) electrons. The lowest BCUT2D eigenvalue weighted by molar-refractivity contribution is 0.425. The molecule has 2 heteroatoms. The Morgan fingerprint density at radius 1 is 0.528 bits per heavy atom. The van der Waals surface area contributed by atoms with Crippen molar-refractivity contribution in [1.29, 1.82) is 0 Å². The molecule has 0 saturated heterocycles. The fraction of sp³-hybridized carbons (Fsp3) is 0.294. The molecule has 4 aromatic carbocycles. The molecule has 0 spiro atoms. The zero-order valence-corrected chi connectivity index (χ0v) is 22.7. The largest absolute Gasteiger partial charge is 0.457 e. The highest BCUT2D eigenvalue weighted by Gasteiger charge is 2.30. The Labute approximate surface area is 216 Å². The SMILES string of the molecule is Cc1ccc(Oc2ccc(C(C)(CC(C)C)c3ccc(Oc4ccc(C)c(C)c4)cc3)cc2)cc1C. The van der Waals surface area contributed by atoms with Crippen LogP contribution in [0.15, 0.2) is 84.9 Å². The van der Waals surface area contributed by atoms with Crippen molar-refractivity contribution in [3.05, 3.63) is 118 Å². The van der Waals surface area contributed by atoms with Crippen molar-refractivity contribution in [2.45, 2.75) is 60.3 Å². The van der Waals surface area contributed by atoms with Crippen LogP contribution in [0.1, 0.15) is 60.6 Å². The molecule has 0 fully saturated rings. The molecule has 0 amide bonds. The molecule has 0 aliphatic carbocycles. The van der Waals surface area contributed by atoms with Crippen LogP contribution in [0.4, 0.5) is 0 Å². The van der Waals surface area contributed by atoms with E-state index in [9.17, 15) is 0 Å². The van der Waals surface area contributed by atoms with Crippen LogP contribution in [0.2, 0.25) is 0 Å². The molecular formula is C34H38O2. The zero-order valence-electron chi connectivity index (χ0n) is 22.7. The van der Waals surface area contributed by atoms with E-state index in [1.165, 1.54) is 33.4 Å². The Bertz CT molecular complexity index is 1220. The number of hydrogen-bond acceptors (Lipinski definition) is 2. The first-order valence-corrected chi connectivity index (χ1v) is 12.9. The Morgan fingerprint density at radius 3 is 1.22 bits per heavy atom. The van der Waals surface area contributed by atoms with E-state index in [0.29, 0.717) is 5.92 Å². The molecule has 0 unspecified atom stereocenters. The topological polar surface area (TPSA) is 18.5 Å². The average Bonchev–Trinajstić information content (AvgIpc) is 2.84. The van der Waals surface area contributed by atoms with E-state index in [4.69, 9.17) is 9.47 Å². The van der Waals surface area contributed by atoms with Gasteiger partial charge < -0.3 is 9.47 Å². The molecule has 0 heterocycles. The molecule has 4 aromatic rings. The maximum Gasteiger partial charge on any atom is 0.127 e. The predicted octanol–water partition coefficient (Wildman–Crippen LogP) is 9.86. The third-order valence-corrected chi connectivity index (χ3v) is 7.23. The van der Waals surface area contributed by atoms with Crippen LogP contribution in [0.5, 0.6) is 23.0 Å². The Balaban J connectivity index is 1.56. The molecule has 4 rings (SSSR count). The van der Waals surface area contributed by atoms with Crippen molar-refractivity contribution in [3.8, 4) is 23.0 Å². The smallest absolute Gasteiger partial charge is 0.127 e. The highest BCUT2D eigenvalue weighted by atomic mass is 16.5. The van der Waals surface area contributed by atoms with Crippen LogP contribution < -0.4 is 9.47 Å². The van der Waals surface area contributed by atoms with Gasteiger partial charge in [-0.25, -0.2) is 0 Å². The van der Waals surface area contributed by atoms with Gasteiger partial charge in [0.15, 0.2) is 0 Å². The number of ether oxygens (including phenoxy) is 2. The van der Waals surface area contributed by atoms with Crippen LogP contribution in [0.25, 0.3) is 0 Å². The van der Waals surface area contributed by atoms with Crippen LogP contribution >= 0.6 is 0 Å². The first-order valence-electron chi connectivity index (χ1n) is 12.9. The summed E-state index contributed by atoms with van der Waals surface area (Å²) in [4.78, 5) is 0. The highest BCUT2D eigenvalue weighted by molar-refractivity contribution is 5.45. The van der Waals surface area contributed by atoms with Gasteiger partial charge >= 0.3 is 0 Å². The second-order valence-corrected chi connectivity index (χ2v) is 10.7. The molecule has 0 atom stereocenters. The summed E-state index contributed by atoms with van der Waals surface area (Å²) in [6, 6.07) is 29.6. The lowest BCUT2D eigenvalue weighted by atomic mass is 9.71. The molecule has 2 nitrogen and oxygen atoms in total. The molecule has 36 heavy (non-hydrogen) atoms. The molecule has 0 aliphatic rings. The van der Waals surface area contributed by atoms with Gasteiger partial charge in [-0.2, -0.15) is 0 Å². The molecule has 0 saturated carbocycles. The van der Waals surface area contributed by atoms with Crippen molar-refractivity contribution in [2.24, 2.45) is 5.92 Å². The van der Waals surface area contributed by atoms with Gasteiger partial charge in [-0.05, 0) is 122 Å². The summed E-state index contributed by atoms with van der Waals surface area (Å²) in [5.74, 6) is 4.00. The quantitative estimate of drug-likeness (QED) is 0.251. The van der Waals surface area contributed by atoms with Crippen molar-refractivity contribution >= 4 is 0 Å². The Morgan fingerprint density at radius 2 is 0.889 bits per heavy atom. The van der Waals surface area contributed by atoms with Gasteiger partial charge in [-0.15, -0.1) is 0 Å². The van der Waals surface area contributed by atoms with Gasteiger partial charge in [0.05, 0.1) is 0 Å². The maximum absolute atomic E-state index is 6.14. The molecule has 0 aliphatic heterocycles. The van der Waals surface area contributed by atoms with Crippen LogP contribution in [-0.2, 0) is 5.41 Å². The summed E-state index contributed by atoms with van der Waals surface area (Å²) in [5.41, 5.74) is 7.46. The normalized spacial score (nSPS) is 11.6. The van der Waals surface area contributed by atoms with Crippen LogP contribution in [0.3, 0.4) is 0 Å². The standard InChI is InChI=1S/C34H38O2/c1-23(2)22-34(7,28-10-16-30(17-11-28)35-32-14-8-24(3)26(5)20-32)29-12-18-31(19-13-29)36-33-15-9-25(4)27(6)21-33/h8-21,23H,22H2,1-7H3. The van der Waals surface area contributed by atoms with Crippen molar-refractivity contribution in [3.63, 3.8) is 0 Å². The summed E-state index contributed by atoms with van der Waals surface area (Å²) in [7, 11) is 0. The van der Waals surface area contributed by atoms with Gasteiger partial charge in [0.25, 0.3) is 0 Å². The average molecular weight is 479 g/mol. The van der Waals surface area contributed by atoms with E-state index in [1.807, 2.05) is 12.1 Å². The van der Waals surface area contributed by atoms with Gasteiger partial charge in [0, 0.05) is 5.41 Å². The summed E-state index contributed by atoms with van der Waals surface area (Å²) >= 11 is 0. The van der Waals surface area contributed by atoms with Gasteiger partial charge in [-0.1, -0.05) is 57.2 Å². The lowest BCUT2D eigenvalue weighted by Gasteiger charge is -2.33. The summed E-state index contributed by atoms with van der Waals surface area (Å²) in [6.45, 7) is 15.4. The molecule has 0 bridgehead atoms. The van der Waals surface area contributed by atoms with Crippen molar-refractivity contribution in [1.82, 2.24) is 0 Å². The minimum absolute atomic E-state index is 0.119. The van der Waals surface area contributed by atoms with Crippen LogP contribution in [0, 0.1) is 33.6 Å². The minimum Gasteiger partial charge on any atom is -0.457 e. The van der Waals surface area contributed by atoms with Gasteiger partial charge in [0.2, 0.25) is 0 Å². The third kappa shape index (κ3) is 5.82. The summed E-state index contributed by atoms with van der Waals surface area (Å²) in [6.07, 6.45) is 1.04. The van der Waals surface area contributed by atoms with E-state index in [0.717, 1.165) is 29.4 Å². The monoisotopic (exact) mass is 478 g/mol. The van der Waals surface area contributed by atoms with Gasteiger partial charge in [0.1, 0.15) is 23.0 Å². The van der Waals surface area contributed by atoms with Crippen molar-refractivity contribution in [2.75, 3.05) is 0 Å². The number of benzene rings is 4. The fourth-order valence-electron chi connectivity index (χ4n) is 4.83. The lowest BCUT2D eigenvalue weighted by Crippen LogP contribution is -2.25. The summed E-state index contributed by atoms with van der Waals surface area (Å²) < 4.78 is 12.3. The molecule has 0 aromatic heterocycles. The van der Waals surface area contributed by atoms with Gasteiger partial charge in [-0.3, -0.25) is 0 Å². The predicted molar refractivity (Wildman–Crippen MR) is 151 cm³/mol. The second kappa shape index (κ2) is 10.6.